The molecule has 1 aliphatic heterocycles. The summed E-state index contributed by atoms with van der Waals surface area (Å²) in [6.45, 7) is 12.5. The van der Waals surface area contributed by atoms with E-state index in [1.807, 2.05) is 20.8 Å². The van der Waals surface area contributed by atoms with Crippen molar-refractivity contribution in [3.8, 4) is 5.75 Å². The molecule has 1 heterocycles. The summed E-state index contributed by atoms with van der Waals surface area (Å²) in [7, 11) is 0. The zero-order valence-electron chi connectivity index (χ0n) is 20.5. The number of fused-ring (bicyclic) bond motifs is 3. The lowest BCUT2D eigenvalue weighted by Crippen LogP contribution is -2.44. The van der Waals surface area contributed by atoms with Crippen LogP contribution in [0.5, 0.6) is 5.75 Å². The second kappa shape index (κ2) is 10.5. The quantitative estimate of drug-likeness (QED) is 0.186. The number of ether oxygens (including phenoxy) is 1. The minimum absolute atomic E-state index is 0.110. The van der Waals surface area contributed by atoms with E-state index in [4.69, 9.17) is 4.74 Å². The molecule has 0 unspecified atom stereocenters. The van der Waals surface area contributed by atoms with Crippen LogP contribution in [0.2, 0.25) is 0 Å². The van der Waals surface area contributed by atoms with Crippen LogP contribution in [0.4, 0.5) is 0 Å². The Balaban J connectivity index is 2.06. The normalized spacial score (nSPS) is 36.1. The van der Waals surface area contributed by atoms with Crippen molar-refractivity contribution in [3.05, 3.63) is 41.5 Å². The molecule has 7 heteroatoms. The first-order valence-corrected chi connectivity index (χ1v) is 14.7. The van der Waals surface area contributed by atoms with Gasteiger partial charge in [-0.05, 0) is 101 Å². The van der Waals surface area contributed by atoms with Crippen LogP contribution >= 0.6 is 47.8 Å². The van der Waals surface area contributed by atoms with Gasteiger partial charge in [0, 0.05) is 9.65 Å². The Morgan fingerprint density at radius 2 is 1.79 bits per heavy atom. The van der Waals surface area contributed by atoms with E-state index >= 15 is 0 Å². The summed E-state index contributed by atoms with van der Waals surface area (Å²) in [6.07, 6.45) is 4.79. The van der Waals surface area contributed by atoms with Gasteiger partial charge in [-0.2, -0.15) is 0 Å². The number of aromatic hydroxyl groups is 1. The third-order valence-electron chi connectivity index (χ3n) is 8.00. The molecule has 34 heavy (non-hydrogen) atoms. The van der Waals surface area contributed by atoms with Crippen LogP contribution in [0.15, 0.2) is 30.4 Å². The van der Waals surface area contributed by atoms with Gasteiger partial charge in [-0.1, -0.05) is 66.9 Å². The first-order chi connectivity index (χ1) is 15.6. The number of phenolic OH excluding ortho intramolecular Hbond substituents is 1. The fourth-order valence-electron chi connectivity index (χ4n) is 5.37. The molecular formula is C27H37Br3O4. The van der Waals surface area contributed by atoms with Gasteiger partial charge in [0.1, 0.15) is 11.9 Å². The number of phenols is 1. The number of halogens is 3. The number of carbonyl (C=O) groups is 1. The number of rotatable bonds is 1. The molecule has 1 aromatic carbocycles. The van der Waals surface area contributed by atoms with Crippen LogP contribution in [0.3, 0.4) is 0 Å². The molecule has 2 bridgehead atoms. The van der Waals surface area contributed by atoms with E-state index in [0.29, 0.717) is 29.7 Å². The smallest absolute Gasteiger partial charge is 0.338 e. The number of cyclic esters (lactones) is 1. The van der Waals surface area contributed by atoms with Gasteiger partial charge in [-0.3, -0.25) is 0 Å². The lowest BCUT2D eigenvalue weighted by molar-refractivity contribution is -0.0000638. The van der Waals surface area contributed by atoms with Crippen LogP contribution in [0.1, 0.15) is 82.1 Å². The highest BCUT2D eigenvalue weighted by molar-refractivity contribution is 9.10. The molecule has 190 valence electrons. The number of aliphatic hydroxyl groups is 1. The monoisotopic (exact) mass is 662 g/mol. The summed E-state index contributed by atoms with van der Waals surface area (Å²) in [6, 6.07) is 4.97. The molecule has 1 fully saturated rings. The van der Waals surface area contributed by atoms with Crippen molar-refractivity contribution in [2.75, 3.05) is 0 Å². The van der Waals surface area contributed by atoms with E-state index < -0.39 is 22.0 Å². The van der Waals surface area contributed by atoms with Crippen molar-refractivity contribution >= 4 is 53.8 Å². The van der Waals surface area contributed by atoms with Gasteiger partial charge in [-0.15, -0.1) is 0 Å². The fraction of sp³-hybridized carbons (Fsp3) is 0.667. The van der Waals surface area contributed by atoms with Gasteiger partial charge in [0.15, 0.2) is 0 Å². The number of hydrogen-bond donors (Lipinski definition) is 2. The number of benzene rings is 1. The van der Waals surface area contributed by atoms with E-state index in [2.05, 4.69) is 61.3 Å². The van der Waals surface area contributed by atoms with Crippen molar-refractivity contribution in [2.24, 2.45) is 11.3 Å². The number of hydrogen-bond acceptors (Lipinski definition) is 4. The molecule has 0 spiro atoms. The van der Waals surface area contributed by atoms with Gasteiger partial charge in [0.05, 0.1) is 15.5 Å². The van der Waals surface area contributed by atoms with Crippen LogP contribution in [-0.2, 0) is 11.2 Å². The maximum absolute atomic E-state index is 13.2. The second-order valence-corrected chi connectivity index (χ2v) is 15.4. The molecule has 4 nitrogen and oxygen atoms in total. The Hall–Kier alpha value is -0.370. The van der Waals surface area contributed by atoms with Crippen molar-refractivity contribution in [3.63, 3.8) is 0 Å². The molecule has 0 amide bonds. The van der Waals surface area contributed by atoms with Gasteiger partial charge in [-0.25, -0.2) is 4.79 Å². The SMILES string of the molecule is C=C1CC[C@H](Br)[C@@]2(C)CC[C@@H](Br)[C@@](C)(O)CC[C@@H](C(C)(C)Br)OC(=O)c3ccc(O)c(c3)C[C@H]12. The third-order valence-corrected chi connectivity index (χ3v) is 11.5. The van der Waals surface area contributed by atoms with E-state index in [9.17, 15) is 15.0 Å². The fourth-order valence-corrected chi connectivity index (χ4v) is 6.93. The van der Waals surface area contributed by atoms with Crippen LogP contribution in [0.25, 0.3) is 0 Å². The summed E-state index contributed by atoms with van der Waals surface area (Å²) in [5, 5.41) is 22.0. The highest BCUT2D eigenvalue weighted by Crippen LogP contribution is 2.52. The largest absolute Gasteiger partial charge is 0.508 e. The molecular weight excluding hydrogens is 628 g/mol. The predicted octanol–water partition coefficient (Wildman–Crippen LogP) is 7.46. The number of allylic oxidation sites excluding steroid dienone is 1. The topological polar surface area (TPSA) is 66.8 Å². The average molecular weight is 665 g/mol. The summed E-state index contributed by atoms with van der Waals surface area (Å²) >= 11 is 11.4. The maximum Gasteiger partial charge on any atom is 0.338 e. The van der Waals surface area contributed by atoms with Crippen LogP contribution in [0, 0.1) is 11.3 Å². The zero-order chi connectivity index (χ0) is 25.5. The van der Waals surface area contributed by atoms with Gasteiger partial charge in [0.25, 0.3) is 0 Å². The molecule has 2 N–H and O–H groups in total. The molecule has 0 saturated heterocycles. The lowest BCUT2D eigenvalue weighted by Gasteiger charge is -2.48. The predicted molar refractivity (Wildman–Crippen MR) is 149 cm³/mol. The highest BCUT2D eigenvalue weighted by atomic mass is 79.9. The van der Waals surface area contributed by atoms with Crippen molar-refractivity contribution < 1.29 is 19.7 Å². The standard InChI is InChI=1S/C27H37Br3O4/c1-16-6-9-21(28)26(4)12-10-22(29)27(5,33)13-11-23(25(2,3)30)34-24(32)17-7-8-20(31)18(14-17)15-19(16)26/h7-8,14,19,21-23,31,33H,1,6,9-13,15H2,2-5H3/t19-,21+,22-,23+,26+,27+/m1/s1. The molecule has 0 aromatic heterocycles. The highest BCUT2D eigenvalue weighted by Gasteiger charge is 2.46. The number of esters is 1. The number of carbonyl (C=O) groups excluding carboxylic acids is 1. The molecule has 1 saturated carbocycles. The second-order valence-electron chi connectivity index (χ2n) is 11.1. The molecule has 6 atom stereocenters. The van der Waals surface area contributed by atoms with Crippen LogP contribution < -0.4 is 0 Å². The van der Waals surface area contributed by atoms with Crippen molar-refractivity contribution in [1.29, 1.82) is 0 Å². The minimum Gasteiger partial charge on any atom is -0.508 e. The van der Waals surface area contributed by atoms with Crippen molar-refractivity contribution in [1.82, 2.24) is 0 Å². The Morgan fingerprint density at radius 1 is 1.12 bits per heavy atom. The Kier molecular flexibility index (Phi) is 8.75. The number of alkyl halides is 3. The third kappa shape index (κ3) is 6.12. The molecule has 0 radical (unpaired) electrons. The van der Waals surface area contributed by atoms with Crippen LogP contribution in [-0.4, -0.2) is 41.9 Å². The average Bonchev–Trinajstić information content (AvgIpc) is 2.75. The Labute approximate surface area is 229 Å². The summed E-state index contributed by atoms with van der Waals surface area (Å²) in [4.78, 5) is 13.3. The van der Waals surface area contributed by atoms with Gasteiger partial charge in [0.2, 0.25) is 0 Å². The molecule has 3 rings (SSSR count). The lowest BCUT2D eigenvalue weighted by atomic mass is 9.61. The zero-order valence-corrected chi connectivity index (χ0v) is 25.3. The summed E-state index contributed by atoms with van der Waals surface area (Å²) in [5.74, 6) is -0.106. The van der Waals surface area contributed by atoms with E-state index in [1.165, 1.54) is 5.57 Å². The molecule has 1 aliphatic carbocycles. The molecule has 1 aromatic rings. The van der Waals surface area contributed by atoms with Gasteiger partial charge >= 0.3 is 5.97 Å². The first-order valence-electron chi connectivity index (χ1n) is 12.0. The summed E-state index contributed by atoms with van der Waals surface area (Å²) < 4.78 is 5.48. The van der Waals surface area contributed by atoms with Gasteiger partial charge < -0.3 is 14.9 Å². The minimum atomic E-state index is -0.960. The Morgan fingerprint density at radius 3 is 2.44 bits per heavy atom. The molecule has 2 aliphatic rings. The summed E-state index contributed by atoms with van der Waals surface area (Å²) in [5.41, 5.74) is 1.27. The van der Waals surface area contributed by atoms with E-state index in [-0.39, 0.29) is 21.9 Å². The van der Waals surface area contributed by atoms with E-state index in [0.717, 1.165) is 31.2 Å². The Bertz CT molecular complexity index is 923. The van der Waals surface area contributed by atoms with E-state index in [1.54, 1.807) is 18.2 Å². The first kappa shape index (κ1) is 28.2. The maximum atomic E-state index is 13.2. The van der Waals surface area contributed by atoms with Crippen molar-refractivity contribution in [2.45, 2.75) is 98.3 Å².